The van der Waals surface area contributed by atoms with Gasteiger partial charge in [0.2, 0.25) is 0 Å². The summed E-state index contributed by atoms with van der Waals surface area (Å²) in [5, 5.41) is 0. The maximum Gasteiger partial charge on any atom is 0.159 e. The smallest absolute Gasteiger partial charge is 0.159 e. The fourth-order valence-electron chi connectivity index (χ4n) is 4.40. The summed E-state index contributed by atoms with van der Waals surface area (Å²) in [5.41, 5.74) is 4.21. The first-order valence-corrected chi connectivity index (χ1v) is 11.3. The van der Waals surface area contributed by atoms with Crippen LogP contribution in [0.15, 0.2) is 59.3 Å². The van der Waals surface area contributed by atoms with E-state index < -0.39 is 0 Å². The van der Waals surface area contributed by atoms with E-state index in [-0.39, 0.29) is 5.82 Å². The maximum absolute atomic E-state index is 13.8. The Bertz CT molecular complexity index is 946. The molecular formula is C25H26BrFN2. The van der Waals surface area contributed by atoms with E-state index in [1.54, 1.807) is 6.07 Å². The molecule has 1 heterocycles. The average molecular weight is 453 g/mol. The summed E-state index contributed by atoms with van der Waals surface area (Å²) in [6, 6.07) is 13.8. The average Bonchev–Trinajstić information content (AvgIpc) is 2.77. The van der Waals surface area contributed by atoms with Crippen molar-refractivity contribution < 1.29 is 4.39 Å². The highest BCUT2D eigenvalue weighted by Gasteiger charge is 2.21. The molecule has 0 saturated heterocycles. The van der Waals surface area contributed by atoms with E-state index in [0.717, 1.165) is 17.0 Å². The fraction of sp³-hybridized carbons (Fsp3) is 0.360. The zero-order chi connectivity index (χ0) is 20.2. The van der Waals surface area contributed by atoms with Gasteiger partial charge < -0.3 is 0 Å². The second-order valence-electron chi connectivity index (χ2n) is 8.05. The van der Waals surface area contributed by atoms with Gasteiger partial charge in [0.15, 0.2) is 5.82 Å². The van der Waals surface area contributed by atoms with Crippen LogP contribution >= 0.6 is 15.9 Å². The molecule has 1 aromatic heterocycles. The van der Waals surface area contributed by atoms with Gasteiger partial charge in [0, 0.05) is 23.5 Å². The summed E-state index contributed by atoms with van der Waals surface area (Å²) in [6.45, 7) is 2.29. The SMILES string of the molecule is CCCC1CCC(c2ccc(-c3cnc(-c4ccc(Br)c(F)c4)nc3)cc2)CC1. The van der Waals surface area contributed by atoms with Crippen molar-refractivity contribution in [1.82, 2.24) is 9.97 Å². The molecule has 0 unspecified atom stereocenters. The molecule has 0 N–H and O–H groups in total. The number of hydrogen-bond acceptors (Lipinski definition) is 2. The van der Waals surface area contributed by atoms with Crippen LogP contribution in [-0.2, 0) is 0 Å². The highest BCUT2D eigenvalue weighted by atomic mass is 79.9. The molecule has 0 amide bonds. The van der Waals surface area contributed by atoms with Crippen LogP contribution in [0.4, 0.5) is 4.39 Å². The van der Waals surface area contributed by atoms with E-state index in [9.17, 15) is 4.39 Å². The quantitative estimate of drug-likeness (QED) is 0.394. The third-order valence-corrected chi connectivity index (χ3v) is 6.73. The predicted molar refractivity (Wildman–Crippen MR) is 120 cm³/mol. The summed E-state index contributed by atoms with van der Waals surface area (Å²) < 4.78 is 14.2. The molecule has 2 nitrogen and oxygen atoms in total. The van der Waals surface area contributed by atoms with Crippen molar-refractivity contribution in [3.63, 3.8) is 0 Å². The Morgan fingerprint density at radius 2 is 1.55 bits per heavy atom. The molecule has 0 atom stereocenters. The van der Waals surface area contributed by atoms with Crippen LogP contribution in [-0.4, -0.2) is 9.97 Å². The molecule has 1 aliphatic carbocycles. The lowest BCUT2D eigenvalue weighted by Crippen LogP contribution is -2.13. The van der Waals surface area contributed by atoms with Crippen molar-refractivity contribution in [3.8, 4) is 22.5 Å². The van der Waals surface area contributed by atoms with Crippen LogP contribution in [0, 0.1) is 11.7 Å². The molecule has 150 valence electrons. The molecule has 3 aromatic rings. The van der Waals surface area contributed by atoms with Crippen molar-refractivity contribution in [1.29, 1.82) is 0 Å². The van der Waals surface area contributed by atoms with Gasteiger partial charge in [-0.15, -0.1) is 0 Å². The normalized spacial score (nSPS) is 19.3. The monoisotopic (exact) mass is 452 g/mol. The largest absolute Gasteiger partial charge is 0.236 e. The maximum atomic E-state index is 13.8. The summed E-state index contributed by atoms with van der Waals surface area (Å²) >= 11 is 3.17. The predicted octanol–water partition coefficient (Wildman–Crippen LogP) is 7.79. The lowest BCUT2D eigenvalue weighted by Gasteiger charge is -2.28. The minimum atomic E-state index is -0.311. The number of rotatable bonds is 5. The minimum Gasteiger partial charge on any atom is -0.236 e. The number of nitrogens with zero attached hydrogens (tertiary/aromatic N) is 2. The first-order chi connectivity index (χ1) is 14.1. The zero-order valence-corrected chi connectivity index (χ0v) is 18.3. The summed E-state index contributed by atoms with van der Waals surface area (Å²) in [4.78, 5) is 8.88. The molecule has 2 aromatic carbocycles. The van der Waals surface area contributed by atoms with Gasteiger partial charge in [-0.2, -0.15) is 0 Å². The number of hydrogen-bond donors (Lipinski definition) is 0. The first-order valence-electron chi connectivity index (χ1n) is 10.5. The third kappa shape index (κ3) is 4.75. The van der Waals surface area contributed by atoms with E-state index in [1.165, 1.54) is 50.2 Å². The van der Waals surface area contributed by atoms with Crippen molar-refractivity contribution >= 4 is 15.9 Å². The van der Waals surface area contributed by atoms with Crippen molar-refractivity contribution in [2.75, 3.05) is 0 Å². The molecule has 29 heavy (non-hydrogen) atoms. The molecule has 1 saturated carbocycles. The van der Waals surface area contributed by atoms with E-state index in [4.69, 9.17) is 0 Å². The molecular weight excluding hydrogens is 427 g/mol. The Hall–Kier alpha value is -2.07. The highest BCUT2D eigenvalue weighted by Crippen LogP contribution is 2.38. The van der Waals surface area contributed by atoms with Gasteiger partial charge in [-0.1, -0.05) is 44.0 Å². The van der Waals surface area contributed by atoms with Crippen molar-refractivity contribution in [3.05, 3.63) is 70.7 Å². The van der Waals surface area contributed by atoms with Gasteiger partial charge >= 0.3 is 0 Å². The van der Waals surface area contributed by atoms with Crippen LogP contribution < -0.4 is 0 Å². The second kappa shape index (κ2) is 9.17. The first kappa shape index (κ1) is 20.2. The Labute approximate surface area is 180 Å². The van der Waals surface area contributed by atoms with E-state index in [1.807, 2.05) is 18.5 Å². The molecule has 0 aliphatic heterocycles. The van der Waals surface area contributed by atoms with Gasteiger partial charge in [0.25, 0.3) is 0 Å². The molecule has 0 radical (unpaired) electrons. The third-order valence-electron chi connectivity index (χ3n) is 6.09. The Kier molecular flexibility index (Phi) is 6.39. The van der Waals surface area contributed by atoms with E-state index >= 15 is 0 Å². The standard InChI is InChI=1S/C25H26BrFN2/c1-2-3-17-4-6-18(7-5-17)19-8-10-20(11-9-19)22-15-28-25(29-16-22)21-12-13-23(26)24(27)14-21/h8-18H,2-7H2,1H3. The lowest BCUT2D eigenvalue weighted by molar-refractivity contribution is 0.308. The molecule has 1 fully saturated rings. The summed E-state index contributed by atoms with van der Waals surface area (Å²) in [7, 11) is 0. The van der Waals surface area contributed by atoms with E-state index in [0.29, 0.717) is 21.8 Å². The van der Waals surface area contributed by atoms with Crippen LogP contribution in [0.25, 0.3) is 22.5 Å². The van der Waals surface area contributed by atoms with Crippen LogP contribution in [0.1, 0.15) is 56.9 Å². The zero-order valence-electron chi connectivity index (χ0n) is 16.7. The number of benzene rings is 2. The van der Waals surface area contributed by atoms with Crippen LogP contribution in [0.5, 0.6) is 0 Å². The topological polar surface area (TPSA) is 25.8 Å². The van der Waals surface area contributed by atoms with Crippen molar-refractivity contribution in [2.24, 2.45) is 5.92 Å². The van der Waals surface area contributed by atoms with Crippen molar-refractivity contribution in [2.45, 2.75) is 51.4 Å². The highest BCUT2D eigenvalue weighted by molar-refractivity contribution is 9.10. The minimum absolute atomic E-state index is 0.311. The Morgan fingerprint density at radius 3 is 2.17 bits per heavy atom. The van der Waals surface area contributed by atoms with E-state index in [2.05, 4.69) is 57.1 Å². The van der Waals surface area contributed by atoms with Gasteiger partial charge in [-0.3, -0.25) is 0 Å². The molecule has 0 spiro atoms. The second-order valence-corrected chi connectivity index (χ2v) is 8.91. The summed E-state index contributed by atoms with van der Waals surface area (Å²) in [5.74, 6) is 1.85. The van der Waals surface area contributed by atoms with Gasteiger partial charge in [-0.25, -0.2) is 14.4 Å². The Morgan fingerprint density at radius 1 is 0.897 bits per heavy atom. The molecule has 4 heteroatoms. The van der Waals surface area contributed by atoms with Crippen LogP contribution in [0.3, 0.4) is 0 Å². The van der Waals surface area contributed by atoms with Gasteiger partial charge in [0.05, 0.1) is 4.47 Å². The molecule has 1 aliphatic rings. The molecule has 4 rings (SSSR count). The van der Waals surface area contributed by atoms with Gasteiger partial charge in [0.1, 0.15) is 5.82 Å². The lowest BCUT2D eigenvalue weighted by atomic mass is 9.77. The number of aromatic nitrogens is 2. The molecule has 0 bridgehead atoms. The van der Waals surface area contributed by atoms with Crippen LogP contribution in [0.2, 0.25) is 0 Å². The van der Waals surface area contributed by atoms with Gasteiger partial charge in [-0.05, 0) is 82.8 Å². The number of halogens is 2. The summed E-state index contributed by atoms with van der Waals surface area (Å²) in [6.07, 6.45) is 11.7. The Balaban J connectivity index is 1.44. The fourth-order valence-corrected chi connectivity index (χ4v) is 4.65.